The predicted molar refractivity (Wildman–Crippen MR) is 47.4 cm³/mol. The maximum absolute atomic E-state index is 11.1. The zero-order valence-corrected chi connectivity index (χ0v) is 7.47. The molecule has 0 aliphatic rings. The molecule has 0 N–H and O–H groups in total. The fraction of sp³-hybridized carbons (Fsp3) is 0.222. The maximum atomic E-state index is 11.1. The van der Waals surface area contributed by atoms with Crippen LogP contribution in [0.2, 0.25) is 5.02 Å². The highest BCUT2D eigenvalue weighted by atomic mass is 35.5. The summed E-state index contributed by atoms with van der Waals surface area (Å²) in [5.74, 6) is -0.333. The molecular formula is C9H9ClO2. The molecule has 2 nitrogen and oxygen atoms in total. The van der Waals surface area contributed by atoms with Crippen LogP contribution in [0.5, 0.6) is 0 Å². The van der Waals surface area contributed by atoms with Crippen LogP contribution in [-0.4, -0.2) is 12.6 Å². The van der Waals surface area contributed by atoms with E-state index in [4.69, 9.17) is 16.3 Å². The van der Waals surface area contributed by atoms with Crippen LogP contribution in [0.25, 0.3) is 0 Å². The largest absolute Gasteiger partial charge is 0.462 e. The summed E-state index contributed by atoms with van der Waals surface area (Å²) in [6.45, 7) is 2.15. The number of carbonyl (C=O) groups excluding carboxylic acids is 1. The van der Waals surface area contributed by atoms with Crippen LogP contribution < -0.4 is 0 Å². The number of halogens is 1. The molecule has 1 rings (SSSR count). The molecule has 1 aromatic carbocycles. The molecule has 0 unspecified atom stereocenters. The van der Waals surface area contributed by atoms with Gasteiger partial charge < -0.3 is 4.74 Å². The minimum atomic E-state index is -0.333. The van der Waals surface area contributed by atoms with E-state index in [1.54, 1.807) is 31.2 Å². The van der Waals surface area contributed by atoms with Gasteiger partial charge in [0.15, 0.2) is 0 Å². The average Bonchev–Trinajstić information content (AvgIpc) is 2.05. The molecule has 0 amide bonds. The molecule has 0 fully saturated rings. The standard InChI is InChI=1S/C9H9ClO2/c1-2-12-9(11)7-4-3-5-8(10)6-7/h3-6H,2H2,1H3. The summed E-state index contributed by atoms with van der Waals surface area (Å²) in [5.41, 5.74) is 0.490. The van der Waals surface area contributed by atoms with Gasteiger partial charge in [-0.1, -0.05) is 17.7 Å². The zero-order chi connectivity index (χ0) is 8.97. The summed E-state index contributed by atoms with van der Waals surface area (Å²) < 4.78 is 4.79. The second-order valence-corrected chi connectivity index (χ2v) is 2.67. The summed E-state index contributed by atoms with van der Waals surface area (Å²) >= 11 is 5.68. The lowest BCUT2D eigenvalue weighted by molar-refractivity contribution is 0.0526. The number of hydrogen-bond donors (Lipinski definition) is 0. The molecule has 12 heavy (non-hydrogen) atoms. The van der Waals surface area contributed by atoms with Crippen LogP contribution in [-0.2, 0) is 4.74 Å². The van der Waals surface area contributed by atoms with Crippen LogP contribution >= 0.6 is 11.6 Å². The van der Waals surface area contributed by atoms with E-state index in [-0.39, 0.29) is 5.97 Å². The number of rotatable bonds is 2. The molecule has 0 aromatic heterocycles. The fourth-order valence-electron chi connectivity index (χ4n) is 0.830. The molecule has 1 aromatic rings. The SMILES string of the molecule is CCOC(=O)c1cccc(Cl)c1. The third kappa shape index (κ3) is 2.24. The normalized spacial score (nSPS) is 9.50. The molecule has 0 aliphatic heterocycles. The average molecular weight is 185 g/mol. The fourth-order valence-corrected chi connectivity index (χ4v) is 1.02. The van der Waals surface area contributed by atoms with E-state index in [9.17, 15) is 4.79 Å². The van der Waals surface area contributed by atoms with Crippen molar-refractivity contribution < 1.29 is 9.53 Å². The third-order valence-electron chi connectivity index (χ3n) is 1.34. The molecule has 0 spiro atoms. The highest BCUT2D eigenvalue weighted by Gasteiger charge is 2.04. The number of ether oxygens (including phenoxy) is 1. The summed E-state index contributed by atoms with van der Waals surface area (Å²) in [7, 11) is 0. The van der Waals surface area contributed by atoms with Crippen molar-refractivity contribution in [2.75, 3.05) is 6.61 Å². The Morgan fingerprint density at radius 3 is 2.92 bits per heavy atom. The zero-order valence-electron chi connectivity index (χ0n) is 6.71. The Kier molecular flexibility index (Phi) is 3.11. The van der Waals surface area contributed by atoms with Crippen molar-refractivity contribution >= 4 is 17.6 Å². The minimum Gasteiger partial charge on any atom is -0.462 e. The van der Waals surface area contributed by atoms with Crippen LogP contribution in [0.4, 0.5) is 0 Å². The molecule has 0 saturated carbocycles. The lowest BCUT2D eigenvalue weighted by atomic mass is 10.2. The maximum Gasteiger partial charge on any atom is 0.338 e. The molecule has 0 saturated heterocycles. The Bertz CT molecular complexity index is 284. The number of hydrogen-bond acceptors (Lipinski definition) is 2. The van der Waals surface area contributed by atoms with E-state index in [1.807, 2.05) is 0 Å². The number of carbonyl (C=O) groups is 1. The van der Waals surface area contributed by atoms with Gasteiger partial charge in [0.05, 0.1) is 12.2 Å². The molecular weight excluding hydrogens is 176 g/mol. The topological polar surface area (TPSA) is 26.3 Å². The Morgan fingerprint density at radius 2 is 2.33 bits per heavy atom. The molecule has 0 aliphatic carbocycles. The van der Waals surface area contributed by atoms with E-state index in [0.717, 1.165) is 0 Å². The van der Waals surface area contributed by atoms with Gasteiger partial charge in [0.2, 0.25) is 0 Å². The van der Waals surface area contributed by atoms with Gasteiger partial charge in [-0.15, -0.1) is 0 Å². The lowest BCUT2D eigenvalue weighted by Gasteiger charge is -2.00. The molecule has 0 radical (unpaired) electrons. The quantitative estimate of drug-likeness (QED) is 0.661. The first-order valence-electron chi connectivity index (χ1n) is 3.66. The van der Waals surface area contributed by atoms with E-state index in [1.165, 1.54) is 0 Å². The second-order valence-electron chi connectivity index (χ2n) is 2.23. The van der Waals surface area contributed by atoms with E-state index < -0.39 is 0 Å². The molecule has 64 valence electrons. The van der Waals surface area contributed by atoms with Gasteiger partial charge in [0.25, 0.3) is 0 Å². The minimum absolute atomic E-state index is 0.333. The molecule has 3 heteroatoms. The summed E-state index contributed by atoms with van der Waals surface area (Å²) in [5, 5.41) is 0.542. The highest BCUT2D eigenvalue weighted by Crippen LogP contribution is 2.11. The van der Waals surface area contributed by atoms with Crippen molar-refractivity contribution in [3.63, 3.8) is 0 Å². The first kappa shape index (κ1) is 9.07. The summed E-state index contributed by atoms with van der Waals surface area (Å²) in [4.78, 5) is 11.1. The Balaban J connectivity index is 2.81. The van der Waals surface area contributed by atoms with Crippen LogP contribution in [0.3, 0.4) is 0 Å². The van der Waals surface area contributed by atoms with Gasteiger partial charge in [-0.05, 0) is 25.1 Å². The number of esters is 1. The van der Waals surface area contributed by atoms with Crippen molar-refractivity contribution in [1.29, 1.82) is 0 Å². The Hall–Kier alpha value is -1.02. The molecule has 0 heterocycles. The van der Waals surface area contributed by atoms with E-state index in [2.05, 4.69) is 0 Å². The first-order valence-corrected chi connectivity index (χ1v) is 4.04. The second kappa shape index (κ2) is 4.12. The van der Waals surface area contributed by atoms with Gasteiger partial charge in [-0.3, -0.25) is 0 Å². The summed E-state index contributed by atoms with van der Waals surface area (Å²) in [6.07, 6.45) is 0. The molecule has 0 atom stereocenters. The van der Waals surface area contributed by atoms with Gasteiger partial charge >= 0.3 is 5.97 Å². The summed E-state index contributed by atoms with van der Waals surface area (Å²) in [6, 6.07) is 6.68. The van der Waals surface area contributed by atoms with Gasteiger partial charge in [-0.25, -0.2) is 4.79 Å². The van der Waals surface area contributed by atoms with Gasteiger partial charge in [-0.2, -0.15) is 0 Å². The monoisotopic (exact) mass is 184 g/mol. The van der Waals surface area contributed by atoms with Crippen LogP contribution in [0, 0.1) is 0 Å². The third-order valence-corrected chi connectivity index (χ3v) is 1.57. The van der Waals surface area contributed by atoms with Gasteiger partial charge in [0.1, 0.15) is 0 Å². The first-order chi connectivity index (χ1) is 5.74. The smallest absolute Gasteiger partial charge is 0.338 e. The molecule has 0 bridgehead atoms. The van der Waals surface area contributed by atoms with Crippen LogP contribution in [0.1, 0.15) is 17.3 Å². The van der Waals surface area contributed by atoms with Crippen LogP contribution in [0.15, 0.2) is 24.3 Å². The Morgan fingerprint density at radius 1 is 1.58 bits per heavy atom. The van der Waals surface area contributed by atoms with E-state index >= 15 is 0 Å². The van der Waals surface area contributed by atoms with Crippen molar-refractivity contribution in [3.05, 3.63) is 34.9 Å². The Labute approximate surface area is 76.1 Å². The van der Waals surface area contributed by atoms with Crippen molar-refractivity contribution in [3.8, 4) is 0 Å². The number of benzene rings is 1. The van der Waals surface area contributed by atoms with Crippen molar-refractivity contribution in [2.24, 2.45) is 0 Å². The van der Waals surface area contributed by atoms with Crippen molar-refractivity contribution in [2.45, 2.75) is 6.92 Å². The van der Waals surface area contributed by atoms with Crippen molar-refractivity contribution in [1.82, 2.24) is 0 Å². The predicted octanol–water partition coefficient (Wildman–Crippen LogP) is 2.52. The lowest BCUT2D eigenvalue weighted by Crippen LogP contribution is -2.03. The highest BCUT2D eigenvalue weighted by molar-refractivity contribution is 6.30. The van der Waals surface area contributed by atoms with Gasteiger partial charge in [0, 0.05) is 5.02 Å². The van der Waals surface area contributed by atoms with E-state index in [0.29, 0.717) is 17.2 Å².